The van der Waals surface area contributed by atoms with Gasteiger partial charge in [-0.2, -0.15) is 5.10 Å². The highest BCUT2D eigenvalue weighted by Gasteiger charge is 2.28. The number of rotatable bonds is 6. The van der Waals surface area contributed by atoms with Gasteiger partial charge in [0.1, 0.15) is 18.3 Å². The van der Waals surface area contributed by atoms with E-state index in [0.717, 1.165) is 5.56 Å². The van der Waals surface area contributed by atoms with Crippen LogP contribution in [0, 0.1) is 5.82 Å². The first-order chi connectivity index (χ1) is 15.0. The first kappa shape index (κ1) is 20.9. The lowest BCUT2D eigenvalue weighted by Gasteiger charge is -2.18. The van der Waals surface area contributed by atoms with Crippen LogP contribution in [0.25, 0.3) is 10.8 Å². The minimum atomic E-state index is -0.902. The van der Waals surface area contributed by atoms with Gasteiger partial charge >= 0.3 is 5.97 Å². The molecule has 1 atom stereocenters. The van der Waals surface area contributed by atoms with Gasteiger partial charge in [-0.25, -0.2) is 9.49 Å². The molecule has 3 aromatic carbocycles. The van der Waals surface area contributed by atoms with Gasteiger partial charge in [-0.05, 0) is 35.7 Å². The van der Waals surface area contributed by atoms with E-state index >= 15 is 0 Å². The average Bonchev–Trinajstić information content (AvgIpc) is 2.79. The van der Waals surface area contributed by atoms with Gasteiger partial charge in [0.2, 0.25) is 0 Å². The van der Waals surface area contributed by atoms with Gasteiger partial charge in [0.15, 0.2) is 0 Å². The van der Waals surface area contributed by atoms with Crippen molar-refractivity contribution in [1.29, 1.82) is 0 Å². The molecule has 0 saturated carbocycles. The van der Waals surface area contributed by atoms with E-state index in [1.165, 1.54) is 6.07 Å². The number of ether oxygens (including phenoxy) is 1. The molecule has 0 amide bonds. The number of nitrogens with zero attached hydrogens (tertiary/aromatic N) is 1. The lowest BCUT2D eigenvalue weighted by atomic mass is 9.92. The number of halogens is 2. The second kappa shape index (κ2) is 9.22. The molecule has 0 aliphatic rings. The summed E-state index contributed by atoms with van der Waals surface area (Å²) in [5, 5.41) is 7.54. The molecule has 156 valence electrons. The summed E-state index contributed by atoms with van der Waals surface area (Å²) in [5.74, 6) is -1.89. The van der Waals surface area contributed by atoms with Crippen molar-refractivity contribution in [1.82, 2.24) is 10.2 Å². The van der Waals surface area contributed by atoms with Gasteiger partial charge < -0.3 is 4.74 Å². The third kappa shape index (κ3) is 4.72. The van der Waals surface area contributed by atoms with Crippen LogP contribution in [0.2, 0.25) is 0 Å². The molecule has 1 aromatic heterocycles. The predicted octanol–water partition coefficient (Wildman–Crippen LogP) is 4.89. The summed E-state index contributed by atoms with van der Waals surface area (Å²) in [4.78, 5) is 25.3. The molecule has 1 unspecified atom stereocenters. The Morgan fingerprint density at radius 2 is 1.74 bits per heavy atom. The van der Waals surface area contributed by atoms with Crippen molar-refractivity contribution in [3.63, 3.8) is 0 Å². The van der Waals surface area contributed by atoms with Crippen molar-refractivity contribution in [3.05, 3.63) is 110 Å². The topological polar surface area (TPSA) is 72.0 Å². The zero-order valence-corrected chi connectivity index (χ0v) is 17.9. The van der Waals surface area contributed by atoms with Gasteiger partial charge in [0.25, 0.3) is 5.56 Å². The van der Waals surface area contributed by atoms with Crippen LogP contribution < -0.4 is 5.56 Å². The molecule has 0 spiro atoms. The fraction of sp³-hybridized carbons (Fsp3) is 0.125. The summed E-state index contributed by atoms with van der Waals surface area (Å²) < 4.78 is 20.7. The number of hydrogen-bond donors (Lipinski definition) is 1. The fourth-order valence-corrected chi connectivity index (χ4v) is 3.76. The van der Waals surface area contributed by atoms with Crippen LogP contribution in [0.5, 0.6) is 0 Å². The molecule has 7 heteroatoms. The lowest BCUT2D eigenvalue weighted by Crippen LogP contribution is -2.23. The van der Waals surface area contributed by atoms with E-state index in [1.54, 1.807) is 36.4 Å². The Bertz CT molecular complexity index is 1290. The second-order valence-corrected chi connectivity index (χ2v) is 7.98. The van der Waals surface area contributed by atoms with Crippen molar-refractivity contribution in [2.75, 3.05) is 0 Å². The Hall–Kier alpha value is -3.32. The van der Waals surface area contributed by atoms with E-state index in [-0.39, 0.29) is 18.6 Å². The minimum Gasteiger partial charge on any atom is -0.460 e. The highest BCUT2D eigenvalue weighted by Crippen LogP contribution is 2.28. The molecule has 0 bridgehead atoms. The van der Waals surface area contributed by atoms with Gasteiger partial charge in [-0.3, -0.25) is 9.59 Å². The van der Waals surface area contributed by atoms with Crippen LogP contribution in [0.15, 0.2) is 82.1 Å². The first-order valence-corrected chi connectivity index (χ1v) is 10.4. The number of nitrogens with one attached hydrogen (secondary N) is 1. The van der Waals surface area contributed by atoms with Crippen molar-refractivity contribution < 1.29 is 13.9 Å². The zero-order valence-electron chi connectivity index (χ0n) is 16.3. The Morgan fingerprint density at radius 1 is 1.03 bits per heavy atom. The van der Waals surface area contributed by atoms with Crippen molar-refractivity contribution in [3.8, 4) is 0 Å². The number of carbonyl (C=O) groups excluding carboxylic acids is 1. The molecule has 1 heterocycles. The highest BCUT2D eigenvalue weighted by molar-refractivity contribution is 9.10. The Balaban J connectivity index is 1.73. The quantitative estimate of drug-likeness (QED) is 0.398. The van der Waals surface area contributed by atoms with E-state index in [2.05, 4.69) is 26.1 Å². The van der Waals surface area contributed by atoms with E-state index in [0.29, 0.717) is 26.5 Å². The zero-order chi connectivity index (χ0) is 21.8. The number of fused-ring (bicyclic) bond motifs is 1. The number of aromatic nitrogens is 2. The molecule has 0 saturated heterocycles. The summed E-state index contributed by atoms with van der Waals surface area (Å²) in [5.41, 5.74) is 1.17. The van der Waals surface area contributed by atoms with Crippen LogP contribution in [-0.4, -0.2) is 16.2 Å². The molecular formula is C24H18BrFN2O3. The predicted molar refractivity (Wildman–Crippen MR) is 119 cm³/mol. The van der Waals surface area contributed by atoms with Crippen molar-refractivity contribution in [2.24, 2.45) is 0 Å². The van der Waals surface area contributed by atoms with Crippen LogP contribution in [0.3, 0.4) is 0 Å². The Kier molecular flexibility index (Phi) is 6.23. The molecule has 4 aromatic rings. The van der Waals surface area contributed by atoms with Gasteiger partial charge in [-0.1, -0.05) is 70.5 Å². The standard InChI is InChI=1S/C24H18BrFN2O3/c25-17-11-10-16(21(26)13-17)12-20(24(30)31-14-15-6-2-1-3-7-15)22-18-8-4-5-9-19(18)23(29)28-27-22/h1-11,13,20H,12,14H2,(H,28,29). The summed E-state index contributed by atoms with van der Waals surface area (Å²) in [6, 6.07) is 20.8. The number of aromatic amines is 1. The second-order valence-electron chi connectivity index (χ2n) is 7.07. The van der Waals surface area contributed by atoms with E-state index in [4.69, 9.17) is 4.74 Å². The molecule has 0 fully saturated rings. The molecular weight excluding hydrogens is 463 g/mol. The molecule has 4 rings (SSSR count). The summed E-state index contributed by atoms with van der Waals surface area (Å²) >= 11 is 3.24. The van der Waals surface area contributed by atoms with Gasteiger partial charge in [0, 0.05) is 9.86 Å². The Morgan fingerprint density at radius 3 is 2.48 bits per heavy atom. The van der Waals surface area contributed by atoms with Crippen molar-refractivity contribution in [2.45, 2.75) is 18.9 Å². The lowest BCUT2D eigenvalue weighted by molar-refractivity contribution is -0.146. The number of esters is 1. The average molecular weight is 481 g/mol. The summed E-state index contributed by atoms with van der Waals surface area (Å²) in [6.07, 6.45) is 0.0375. The number of hydrogen-bond acceptors (Lipinski definition) is 4. The highest BCUT2D eigenvalue weighted by atomic mass is 79.9. The first-order valence-electron chi connectivity index (χ1n) is 9.64. The Labute approximate surface area is 186 Å². The van der Waals surface area contributed by atoms with Crippen LogP contribution in [0.4, 0.5) is 4.39 Å². The van der Waals surface area contributed by atoms with Crippen LogP contribution >= 0.6 is 15.9 Å². The summed E-state index contributed by atoms with van der Waals surface area (Å²) in [7, 11) is 0. The number of carbonyl (C=O) groups is 1. The van der Waals surface area contributed by atoms with E-state index in [9.17, 15) is 14.0 Å². The van der Waals surface area contributed by atoms with E-state index < -0.39 is 17.7 Å². The largest absolute Gasteiger partial charge is 0.460 e. The molecule has 31 heavy (non-hydrogen) atoms. The number of H-pyrrole nitrogens is 1. The third-order valence-electron chi connectivity index (χ3n) is 5.00. The number of benzene rings is 3. The molecule has 1 N–H and O–H groups in total. The third-order valence-corrected chi connectivity index (χ3v) is 5.50. The maximum absolute atomic E-state index is 14.6. The SMILES string of the molecule is O=C(OCc1ccccc1)C(Cc1ccc(Br)cc1F)c1n[nH]c(=O)c2ccccc12. The monoisotopic (exact) mass is 480 g/mol. The summed E-state index contributed by atoms with van der Waals surface area (Å²) in [6.45, 7) is 0.0836. The smallest absolute Gasteiger partial charge is 0.315 e. The maximum atomic E-state index is 14.6. The minimum absolute atomic E-state index is 0.0375. The maximum Gasteiger partial charge on any atom is 0.315 e. The van der Waals surface area contributed by atoms with Gasteiger partial charge in [-0.15, -0.1) is 0 Å². The fourth-order valence-electron chi connectivity index (χ4n) is 3.43. The van der Waals surface area contributed by atoms with E-state index in [1.807, 2.05) is 30.3 Å². The normalized spacial score (nSPS) is 11.9. The molecule has 0 aliphatic carbocycles. The van der Waals surface area contributed by atoms with Crippen LogP contribution in [-0.2, 0) is 22.6 Å². The van der Waals surface area contributed by atoms with Crippen LogP contribution in [0.1, 0.15) is 22.7 Å². The van der Waals surface area contributed by atoms with Gasteiger partial charge in [0.05, 0.1) is 11.1 Å². The molecule has 5 nitrogen and oxygen atoms in total. The van der Waals surface area contributed by atoms with Crippen molar-refractivity contribution >= 4 is 32.7 Å². The molecule has 0 aliphatic heterocycles. The molecule has 0 radical (unpaired) electrons.